The van der Waals surface area contributed by atoms with Crippen LogP contribution < -0.4 is 5.32 Å². The van der Waals surface area contributed by atoms with Crippen molar-refractivity contribution in [1.29, 1.82) is 0 Å². The number of halogens is 1. The van der Waals surface area contributed by atoms with Gasteiger partial charge in [-0.25, -0.2) is 4.39 Å². The van der Waals surface area contributed by atoms with Crippen molar-refractivity contribution in [2.75, 3.05) is 0 Å². The zero-order chi connectivity index (χ0) is 16.1. The molecule has 0 atom stereocenters. The number of carbonyl (C=O) groups excluding carboxylic acids is 1. The summed E-state index contributed by atoms with van der Waals surface area (Å²) in [4.78, 5) is 16.0. The fourth-order valence-electron chi connectivity index (χ4n) is 2.98. The van der Waals surface area contributed by atoms with E-state index in [2.05, 4.69) is 15.5 Å². The molecule has 1 saturated carbocycles. The second-order valence-electron chi connectivity index (χ2n) is 5.96. The highest BCUT2D eigenvalue weighted by Gasteiger charge is 2.17. The highest BCUT2D eigenvalue weighted by molar-refractivity contribution is 5.75. The molecule has 3 rings (SSSR count). The van der Waals surface area contributed by atoms with Crippen LogP contribution in [0.2, 0.25) is 0 Å². The van der Waals surface area contributed by atoms with Crippen molar-refractivity contribution in [1.82, 2.24) is 15.5 Å². The van der Waals surface area contributed by atoms with Crippen molar-refractivity contribution >= 4 is 5.91 Å². The minimum atomic E-state index is -0.402. The zero-order valence-corrected chi connectivity index (χ0v) is 12.9. The standard InChI is InChI=1S/C17H20FN3O2/c18-14-8-4-3-7-13(14)17-20-16(23-21-17)11-19-15(22)10-9-12-5-1-2-6-12/h3-4,7-8,12H,1-2,5-6,9-11H2,(H,19,22). The quantitative estimate of drug-likeness (QED) is 0.886. The molecule has 122 valence electrons. The molecule has 1 aromatic carbocycles. The molecule has 0 unspecified atom stereocenters. The topological polar surface area (TPSA) is 68.0 Å². The van der Waals surface area contributed by atoms with Crippen LogP contribution in [0.1, 0.15) is 44.4 Å². The van der Waals surface area contributed by atoms with Crippen LogP contribution in [0.3, 0.4) is 0 Å². The Kier molecular flexibility index (Phi) is 5.00. The van der Waals surface area contributed by atoms with Crippen LogP contribution in [0.25, 0.3) is 11.4 Å². The van der Waals surface area contributed by atoms with Gasteiger partial charge in [0, 0.05) is 6.42 Å². The Labute approximate surface area is 134 Å². The molecule has 1 aliphatic carbocycles. The second kappa shape index (κ2) is 7.35. The van der Waals surface area contributed by atoms with Gasteiger partial charge >= 0.3 is 0 Å². The number of carbonyl (C=O) groups is 1. The van der Waals surface area contributed by atoms with Gasteiger partial charge in [-0.15, -0.1) is 0 Å². The summed E-state index contributed by atoms with van der Waals surface area (Å²) < 4.78 is 18.7. The summed E-state index contributed by atoms with van der Waals surface area (Å²) in [6, 6.07) is 6.24. The number of nitrogens with zero attached hydrogens (tertiary/aromatic N) is 2. The van der Waals surface area contributed by atoms with Crippen molar-refractivity contribution in [3.8, 4) is 11.4 Å². The number of aromatic nitrogens is 2. The fraction of sp³-hybridized carbons (Fsp3) is 0.471. The van der Waals surface area contributed by atoms with E-state index in [9.17, 15) is 9.18 Å². The van der Waals surface area contributed by atoms with E-state index < -0.39 is 5.82 Å². The number of amides is 1. The lowest BCUT2D eigenvalue weighted by molar-refractivity contribution is -0.121. The van der Waals surface area contributed by atoms with E-state index in [0.29, 0.717) is 12.3 Å². The van der Waals surface area contributed by atoms with Gasteiger partial charge in [0.25, 0.3) is 0 Å². The van der Waals surface area contributed by atoms with Gasteiger partial charge in [-0.05, 0) is 24.5 Å². The van der Waals surface area contributed by atoms with Crippen LogP contribution >= 0.6 is 0 Å². The predicted molar refractivity (Wildman–Crippen MR) is 82.7 cm³/mol. The van der Waals surface area contributed by atoms with Crippen LogP contribution in [-0.2, 0) is 11.3 Å². The summed E-state index contributed by atoms with van der Waals surface area (Å²) in [5, 5.41) is 6.53. The normalized spacial score (nSPS) is 15.0. The van der Waals surface area contributed by atoms with Gasteiger partial charge in [-0.2, -0.15) is 4.98 Å². The third-order valence-electron chi connectivity index (χ3n) is 4.27. The Bertz CT molecular complexity index is 665. The molecule has 0 aliphatic heterocycles. The molecule has 1 amide bonds. The lowest BCUT2D eigenvalue weighted by Gasteiger charge is -2.07. The molecule has 1 fully saturated rings. The SMILES string of the molecule is O=C(CCC1CCCC1)NCc1nc(-c2ccccc2F)no1. The minimum Gasteiger partial charge on any atom is -0.347 e. The van der Waals surface area contributed by atoms with Crippen molar-refractivity contribution < 1.29 is 13.7 Å². The van der Waals surface area contributed by atoms with Crippen LogP contribution in [0.15, 0.2) is 28.8 Å². The van der Waals surface area contributed by atoms with E-state index in [4.69, 9.17) is 4.52 Å². The Balaban J connectivity index is 1.49. The van der Waals surface area contributed by atoms with Gasteiger partial charge in [0.05, 0.1) is 12.1 Å². The molecule has 6 heteroatoms. The summed E-state index contributed by atoms with van der Waals surface area (Å²) in [6.45, 7) is 0.172. The summed E-state index contributed by atoms with van der Waals surface area (Å²) >= 11 is 0. The molecule has 0 radical (unpaired) electrons. The molecule has 5 nitrogen and oxygen atoms in total. The molecule has 1 N–H and O–H groups in total. The molecule has 23 heavy (non-hydrogen) atoms. The summed E-state index contributed by atoms with van der Waals surface area (Å²) in [7, 11) is 0. The Morgan fingerprint density at radius 2 is 2.09 bits per heavy atom. The summed E-state index contributed by atoms with van der Waals surface area (Å²) in [5.74, 6) is 0.746. The highest BCUT2D eigenvalue weighted by atomic mass is 19.1. The van der Waals surface area contributed by atoms with Gasteiger partial charge in [0.15, 0.2) is 0 Å². The van der Waals surface area contributed by atoms with Crippen LogP contribution in [0, 0.1) is 11.7 Å². The van der Waals surface area contributed by atoms with E-state index in [-0.39, 0.29) is 29.7 Å². The smallest absolute Gasteiger partial charge is 0.246 e. The van der Waals surface area contributed by atoms with Crippen LogP contribution in [-0.4, -0.2) is 16.0 Å². The third-order valence-corrected chi connectivity index (χ3v) is 4.27. The summed E-state index contributed by atoms with van der Waals surface area (Å²) in [5.41, 5.74) is 0.287. The highest BCUT2D eigenvalue weighted by Crippen LogP contribution is 2.28. The number of hydrogen-bond donors (Lipinski definition) is 1. The first-order chi connectivity index (χ1) is 11.2. The van der Waals surface area contributed by atoms with Gasteiger partial charge in [-0.3, -0.25) is 4.79 Å². The first-order valence-corrected chi connectivity index (χ1v) is 8.06. The third kappa shape index (κ3) is 4.15. The lowest BCUT2D eigenvalue weighted by atomic mass is 10.0. The average molecular weight is 317 g/mol. The predicted octanol–water partition coefficient (Wildman–Crippen LogP) is 3.46. The molecular weight excluding hydrogens is 297 g/mol. The Morgan fingerprint density at radius 1 is 1.30 bits per heavy atom. The molecule has 1 aliphatic rings. The minimum absolute atomic E-state index is 0.0115. The molecule has 1 heterocycles. The first-order valence-electron chi connectivity index (χ1n) is 8.06. The van der Waals surface area contributed by atoms with Gasteiger partial charge < -0.3 is 9.84 Å². The van der Waals surface area contributed by atoms with Crippen molar-refractivity contribution in [3.05, 3.63) is 36.0 Å². The van der Waals surface area contributed by atoms with Crippen molar-refractivity contribution in [2.45, 2.75) is 45.1 Å². The van der Waals surface area contributed by atoms with E-state index in [1.54, 1.807) is 18.2 Å². The maximum atomic E-state index is 13.7. The Hall–Kier alpha value is -2.24. The Morgan fingerprint density at radius 3 is 2.87 bits per heavy atom. The number of hydrogen-bond acceptors (Lipinski definition) is 4. The second-order valence-corrected chi connectivity index (χ2v) is 5.96. The van der Waals surface area contributed by atoms with Crippen LogP contribution in [0.4, 0.5) is 4.39 Å². The van der Waals surface area contributed by atoms with Gasteiger partial charge in [0.2, 0.25) is 17.6 Å². The summed E-state index contributed by atoms with van der Waals surface area (Å²) in [6.07, 6.45) is 6.52. The van der Waals surface area contributed by atoms with E-state index in [1.165, 1.54) is 31.7 Å². The average Bonchev–Trinajstić information content (AvgIpc) is 3.23. The van der Waals surface area contributed by atoms with E-state index in [1.807, 2.05) is 0 Å². The number of benzene rings is 1. The molecule has 1 aromatic heterocycles. The molecule has 0 saturated heterocycles. The van der Waals surface area contributed by atoms with Gasteiger partial charge in [-0.1, -0.05) is 43.0 Å². The first kappa shape index (κ1) is 15.6. The number of nitrogens with one attached hydrogen (secondary N) is 1. The van der Waals surface area contributed by atoms with Crippen molar-refractivity contribution in [3.63, 3.8) is 0 Å². The maximum Gasteiger partial charge on any atom is 0.246 e. The zero-order valence-electron chi connectivity index (χ0n) is 12.9. The largest absolute Gasteiger partial charge is 0.347 e. The molecule has 0 bridgehead atoms. The number of rotatable bonds is 6. The van der Waals surface area contributed by atoms with Crippen LogP contribution in [0.5, 0.6) is 0 Å². The van der Waals surface area contributed by atoms with E-state index in [0.717, 1.165) is 6.42 Å². The monoisotopic (exact) mass is 317 g/mol. The molecule has 0 spiro atoms. The maximum absolute atomic E-state index is 13.7. The lowest BCUT2D eigenvalue weighted by Crippen LogP contribution is -2.23. The fourth-order valence-corrected chi connectivity index (χ4v) is 2.98. The van der Waals surface area contributed by atoms with E-state index >= 15 is 0 Å². The van der Waals surface area contributed by atoms with Gasteiger partial charge in [0.1, 0.15) is 5.82 Å². The molecular formula is C17H20FN3O2. The van der Waals surface area contributed by atoms with Crippen molar-refractivity contribution in [2.24, 2.45) is 5.92 Å². The molecule has 2 aromatic rings.